The molecule has 1 saturated heterocycles. The van der Waals surface area contributed by atoms with Gasteiger partial charge in [0.25, 0.3) is 0 Å². The minimum Gasteiger partial charge on any atom is -0.472 e. The van der Waals surface area contributed by atoms with E-state index in [0.29, 0.717) is 0 Å². The lowest BCUT2D eigenvalue weighted by atomic mass is 10.0. The minimum atomic E-state index is 0.0668. The summed E-state index contributed by atoms with van der Waals surface area (Å²) in [6, 6.07) is 1.96. The first kappa shape index (κ1) is 10.7. The van der Waals surface area contributed by atoms with Crippen LogP contribution < -0.4 is 10.6 Å². The van der Waals surface area contributed by atoms with Gasteiger partial charge in [0, 0.05) is 31.7 Å². The minimum absolute atomic E-state index is 0.0668. The second kappa shape index (κ2) is 4.79. The molecule has 1 aromatic rings. The van der Waals surface area contributed by atoms with E-state index < -0.39 is 0 Å². The van der Waals surface area contributed by atoms with Gasteiger partial charge in [-0.15, -0.1) is 0 Å². The van der Waals surface area contributed by atoms with E-state index in [1.54, 1.807) is 12.5 Å². The molecular formula is C11H18N2O2. The highest BCUT2D eigenvalue weighted by Crippen LogP contribution is 2.14. The summed E-state index contributed by atoms with van der Waals surface area (Å²) in [5.41, 5.74) is 1.24. The Hall–Kier alpha value is -0.840. The summed E-state index contributed by atoms with van der Waals surface area (Å²) >= 11 is 0. The predicted octanol–water partition coefficient (Wildman–Crippen LogP) is 0.748. The largest absolute Gasteiger partial charge is 0.472 e. The van der Waals surface area contributed by atoms with E-state index in [4.69, 9.17) is 9.15 Å². The van der Waals surface area contributed by atoms with Gasteiger partial charge in [-0.25, -0.2) is 0 Å². The predicted molar refractivity (Wildman–Crippen MR) is 57.6 cm³/mol. The van der Waals surface area contributed by atoms with Crippen LogP contribution in [-0.2, 0) is 11.3 Å². The van der Waals surface area contributed by atoms with Crippen molar-refractivity contribution in [2.24, 2.45) is 0 Å². The molecule has 0 amide bonds. The lowest BCUT2D eigenvalue weighted by molar-refractivity contribution is -0.0648. The van der Waals surface area contributed by atoms with Gasteiger partial charge in [-0.1, -0.05) is 0 Å². The summed E-state index contributed by atoms with van der Waals surface area (Å²) in [6.07, 6.45) is 3.44. The molecule has 0 atom stereocenters. The van der Waals surface area contributed by atoms with Crippen molar-refractivity contribution in [1.29, 1.82) is 0 Å². The van der Waals surface area contributed by atoms with Gasteiger partial charge in [0.2, 0.25) is 0 Å². The summed E-state index contributed by atoms with van der Waals surface area (Å²) in [5, 5.41) is 6.51. The van der Waals surface area contributed by atoms with E-state index in [1.807, 2.05) is 6.07 Å². The Morgan fingerprint density at radius 3 is 3.07 bits per heavy atom. The molecule has 2 N–H and O–H groups in total. The van der Waals surface area contributed by atoms with Gasteiger partial charge in [0.05, 0.1) is 24.7 Å². The number of nitrogens with one attached hydrogen (secondary N) is 2. The van der Waals surface area contributed by atoms with Crippen LogP contribution in [0.25, 0.3) is 0 Å². The first-order valence-corrected chi connectivity index (χ1v) is 5.35. The number of ether oxygens (including phenoxy) is 1. The molecule has 0 spiro atoms. The summed E-state index contributed by atoms with van der Waals surface area (Å²) in [6.45, 7) is 6.55. The highest BCUT2D eigenvalue weighted by Gasteiger charge is 2.31. The first-order valence-electron chi connectivity index (χ1n) is 5.35. The Morgan fingerprint density at radius 1 is 1.60 bits per heavy atom. The number of furan rings is 1. The maximum absolute atomic E-state index is 5.74. The zero-order valence-corrected chi connectivity index (χ0v) is 9.08. The standard InChI is InChI=1S/C11H18N2O2/c1-11(8-13-9-11)15-5-3-12-6-10-2-4-14-7-10/h2,4,7,12-13H,3,5-6,8-9H2,1H3. The Bertz CT molecular complexity index is 281. The lowest BCUT2D eigenvalue weighted by Crippen LogP contribution is -2.59. The fraction of sp³-hybridized carbons (Fsp3) is 0.636. The molecule has 0 bridgehead atoms. The lowest BCUT2D eigenvalue weighted by Gasteiger charge is -2.39. The Labute approximate surface area is 90.0 Å². The van der Waals surface area contributed by atoms with Crippen molar-refractivity contribution in [3.05, 3.63) is 24.2 Å². The maximum Gasteiger partial charge on any atom is 0.0947 e. The fourth-order valence-corrected chi connectivity index (χ4v) is 1.57. The molecule has 4 heteroatoms. The van der Waals surface area contributed by atoms with Crippen LogP contribution in [0.1, 0.15) is 12.5 Å². The molecule has 0 saturated carbocycles. The Balaban J connectivity index is 1.52. The molecule has 0 aromatic carbocycles. The third-order valence-electron chi connectivity index (χ3n) is 2.64. The van der Waals surface area contributed by atoms with Crippen molar-refractivity contribution < 1.29 is 9.15 Å². The summed E-state index contributed by atoms with van der Waals surface area (Å²) in [5.74, 6) is 0. The molecular weight excluding hydrogens is 192 g/mol. The van der Waals surface area contributed by atoms with Gasteiger partial charge < -0.3 is 19.8 Å². The average molecular weight is 210 g/mol. The molecule has 1 aliphatic heterocycles. The van der Waals surface area contributed by atoms with Crippen LogP contribution in [0.3, 0.4) is 0 Å². The van der Waals surface area contributed by atoms with Gasteiger partial charge in [-0.05, 0) is 13.0 Å². The van der Waals surface area contributed by atoms with Crippen molar-refractivity contribution >= 4 is 0 Å². The molecule has 0 radical (unpaired) electrons. The van der Waals surface area contributed by atoms with Crippen molar-refractivity contribution in [3.63, 3.8) is 0 Å². The summed E-state index contributed by atoms with van der Waals surface area (Å²) < 4.78 is 10.7. The Morgan fingerprint density at radius 2 is 2.47 bits per heavy atom. The highest BCUT2D eigenvalue weighted by atomic mass is 16.5. The maximum atomic E-state index is 5.74. The number of hydrogen-bond acceptors (Lipinski definition) is 4. The van der Waals surface area contributed by atoms with Crippen molar-refractivity contribution in [1.82, 2.24) is 10.6 Å². The van der Waals surface area contributed by atoms with Crippen LogP contribution in [0.15, 0.2) is 23.0 Å². The van der Waals surface area contributed by atoms with E-state index in [0.717, 1.165) is 32.8 Å². The molecule has 2 rings (SSSR count). The monoisotopic (exact) mass is 210 g/mol. The average Bonchev–Trinajstić information content (AvgIpc) is 2.67. The molecule has 15 heavy (non-hydrogen) atoms. The molecule has 2 heterocycles. The van der Waals surface area contributed by atoms with E-state index in [1.165, 1.54) is 5.56 Å². The van der Waals surface area contributed by atoms with Crippen LogP contribution in [0, 0.1) is 0 Å². The first-order chi connectivity index (χ1) is 7.29. The van der Waals surface area contributed by atoms with Gasteiger partial charge >= 0.3 is 0 Å². The molecule has 0 unspecified atom stereocenters. The number of rotatable bonds is 6. The van der Waals surface area contributed by atoms with Gasteiger partial charge in [0.15, 0.2) is 0 Å². The summed E-state index contributed by atoms with van der Waals surface area (Å²) in [4.78, 5) is 0. The third kappa shape index (κ3) is 3.06. The fourth-order valence-electron chi connectivity index (χ4n) is 1.57. The molecule has 1 aliphatic rings. The van der Waals surface area contributed by atoms with Crippen LogP contribution in [0.4, 0.5) is 0 Å². The summed E-state index contributed by atoms with van der Waals surface area (Å²) in [7, 11) is 0. The highest BCUT2D eigenvalue weighted by molar-refractivity contribution is 5.04. The molecule has 84 valence electrons. The molecule has 4 nitrogen and oxygen atoms in total. The molecule has 1 fully saturated rings. The van der Waals surface area contributed by atoms with E-state index in [9.17, 15) is 0 Å². The van der Waals surface area contributed by atoms with Gasteiger partial charge in [-0.2, -0.15) is 0 Å². The van der Waals surface area contributed by atoms with Gasteiger partial charge in [-0.3, -0.25) is 0 Å². The second-order valence-corrected chi connectivity index (χ2v) is 4.21. The second-order valence-electron chi connectivity index (χ2n) is 4.21. The van der Waals surface area contributed by atoms with Crippen molar-refractivity contribution in [3.8, 4) is 0 Å². The van der Waals surface area contributed by atoms with E-state index in [2.05, 4.69) is 17.6 Å². The smallest absolute Gasteiger partial charge is 0.0947 e. The Kier molecular flexibility index (Phi) is 3.41. The SMILES string of the molecule is CC1(OCCNCc2ccoc2)CNC1. The van der Waals surface area contributed by atoms with E-state index in [-0.39, 0.29) is 5.60 Å². The van der Waals surface area contributed by atoms with Crippen LogP contribution in [-0.4, -0.2) is 31.8 Å². The van der Waals surface area contributed by atoms with Gasteiger partial charge in [0.1, 0.15) is 0 Å². The molecule has 1 aromatic heterocycles. The zero-order chi connectivity index (χ0) is 10.6. The van der Waals surface area contributed by atoms with Crippen molar-refractivity contribution in [2.75, 3.05) is 26.2 Å². The van der Waals surface area contributed by atoms with E-state index >= 15 is 0 Å². The van der Waals surface area contributed by atoms with Crippen LogP contribution in [0.5, 0.6) is 0 Å². The zero-order valence-electron chi connectivity index (χ0n) is 9.08. The topological polar surface area (TPSA) is 46.4 Å². The quantitative estimate of drug-likeness (QED) is 0.680. The number of hydrogen-bond donors (Lipinski definition) is 2. The third-order valence-corrected chi connectivity index (χ3v) is 2.64. The van der Waals surface area contributed by atoms with Crippen molar-refractivity contribution in [2.45, 2.75) is 19.1 Å². The van der Waals surface area contributed by atoms with Crippen LogP contribution in [0.2, 0.25) is 0 Å². The normalized spacial score (nSPS) is 18.7. The molecule has 0 aliphatic carbocycles. The van der Waals surface area contributed by atoms with Crippen LogP contribution >= 0.6 is 0 Å².